The third-order valence-electron chi connectivity index (χ3n) is 2.14. The molecule has 1 aliphatic rings. The number of carbonyl (C=O) groups excluding carboxylic acids is 2. The number of hydrogen-bond acceptors (Lipinski definition) is 4. The van der Waals surface area contributed by atoms with Gasteiger partial charge in [0.05, 0.1) is 23.6 Å². The molecule has 0 atom stereocenters. The number of halogens is 1. The average molecular weight is 271 g/mol. The fourth-order valence-electron chi connectivity index (χ4n) is 1.44. The lowest BCUT2D eigenvalue weighted by Crippen LogP contribution is -2.22. The van der Waals surface area contributed by atoms with E-state index in [1.165, 1.54) is 7.11 Å². The van der Waals surface area contributed by atoms with Crippen molar-refractivity contribution in [1.29, 1.82) is 0 Å². The van der Waals surface area contributed by atoms with E-state index in [0.29, 0.717) is 21.3 Å². The molecule has 78 valence electrons. The summed E-state index contributed by atoms with van der Waals surface area (Å²) in [6.07, 6.45) is 0.102. The minimum absolute atomic E-state index is 0.102. The summed E-state index contributed by atoms with van der Waals surface area (Å²) in [5.41, 5.74) is 1.04. The first-order valence-electron chi connectivity index (χ1n) is 4.23. The van der Waals surface area contributed by atoms with Crippen molar-refractivity contribution in [1.82, 2.24) is 0 Å². The Hall–Kier alpha value is -1.36. The van der Waals surface area contributed by atoms with E-state index in [4.69, 9.17) is 4.74 Å². The van der Waals surface area contributed by atoms with Crippen LogP contribution in [0.4, 0.5) is 0 Å². The van der Waals surface area contributed by atoms with E-state index in [-0.39, 0.29) is 6.42 Å². The number of rotatable bonds is 1. The minimum atomic E-state index is -0.607. The molecule has 0 fully saturated rings. The maximum Gasteiger partial charge on any atom is 0.346 e. The van der Waals surface area contributed by atoms with Gasteiger partial charge >= 0.3 is 11.9 Å². The van der Waals surface area contributed by atoms with Gasteiger partial charge in [0.1, 0.15) is 5.75 Å². The summed E-state index contributed by atoms with van der Waals surface area (Å²) in [6.45, 7) is 0. The van der Waals surface area contributed by atoms with Crippen LogP contribution in [0.5, 0.6) is 5.75 Å². The van der Waals surface area contributed by atoms with Crippen molar-refractivity contribution >= 4 is 27.9 Å². The van der Waals surface area contributed by atoms with E-state index in [2.05, 4.69) is 20.7 Å². The number of benzene rings is 1. The average Bonchev–Trinajstić information content (AvgIpc) is 2.18. The molecule has 1 aromatic carbocycles. The zero-order valence-corrected chi connectivity index (χ0v) is 9.46. The van der Waals surface area contributed by atoms with Crippen LogP contribution < -0.4 is 4.74 Å². The van der Waals surface area contributed by atoms with Crippen LogP contribution in [0.2, 0.25) is 0 Å². The van der Waals surface area contributed by atoms with Gasteiger partial charge in [-0.05, 0) is 33.6 Å². The van der Waals surface area contributed by atoms with Gasteiger partial charge in [0.2, 0.25) is 0 Å². The predicted molar refractivity (Wildman–Crippen MR) is 54.8 cm³/mol. The Morgan fingerprint density at radius 1 is 1.40 bits per heavy atom. The molecular formula is C10H7BrO4. The van der Waals surface area contributed by atoms with Crippen LogP contribution >= 0.6 is 15.9 Å². The smallest absolute Gasteiger partial charge is 0.346 e. The number of cyclic esters (lactones) is 2. The highest BCUT2D eigenvalue weighted by Crippen LogP contribution is 2.30. The fourth-order valence-corrected chi connectivity index (χ4v) is 1.94. The minimum Gasteiger partial charge on any atom is -0.496 e. The molecule has 0 saturated carbocycles. The van der Waals surface area contributed by atoms with Crippen LogP contribution in [0.15, 0.2) is 16.6 Å². The summed E-state index contributed by atoms with van der Waals surface area (Å²) in [5.74, 6) is -0.544. The summed E-state index contributed by atoms with van der Waals surface area (Å²) >= 11 is 3.26. The number of ether oxygens (including phenoxy) is 2. The Balaban J connectivity index is 2.56. The molecule has 0 saturated heterocycles. The molecule has 1 aromatic rings. The molecule has 0 aromatic heterocycles. The molecule has 0 unspecified atom stereocenters. The second kappa shape index (κ2) is 3.66. The highest BCUT2D eigenvalue weighted by molar-refractivity contribution is 9.10. The molecule has 5 heteroatoms. The topological polar surface area (TPSA) is 52.6 Å². The van der Waals surface area contributed by atoms with Crippen molar-refractivity contribution in [2.45, 2.75) is 6.42 Å². The normalized spacial score (nSPS) is 14.5. The number of methoxy groups -OCH3 is 1. The maximum absolute atomic E-state index is 11.3. The molecule has 2 rings (SSSR count). The van der Waals surface area contributed by atoms with Gasteiger partial charge in [0.25, 0.3) is 0 Å². The van der Waals surface area contributed by atoms with Gasteiger partial charge in [-0.2, -0.15) is 0 Å². The van der Waals surface area contributed by atoms with E-state index in [9.17, 15) is 9.59 Å². The highest BCUT2D eigenvalue weighted by Gasteiger charge is 2.26. The Bertz CT molecular complexity index is 453. The van der Waals surface area contributed by atoms with Gasteiger partial charge in [-0.1, -0.05) is 0 Å². The lowest BCUT2D eigenvalue weighted by atomic mass is 10.0. The van der Waals surface area contributed by atoms with Crippen molar-refractivity contribution in [2.24, 2.45) is 0 Å². The summed E-state index contributed by atoms with van der Waals surface area (Å²) in [4.78, 5) is 22.4. The van der Waals surface area contributed by atoms with Gasteiger partial charge in [-0.3, -0.25) is 4.79 Å². The second-order valence-corrected chi connectivity index (χ2v) is 3.94. The quantitative estimate of drug-likeness (QED) is 0.576. The standard InChI is InChI=1S/C10H7BrO4/c1-14-8-2-5-3-9(12)15-10(13)6(5)4-7(8)11/h2,4H,3H2,1H3. The number of fused-ring (bicyclic) bond motifs is 1. The van der Waals surface area contributed by atoms with E-state index in [1.807, 2.05) is 0 Å². The monoisotopic (exact) mass is 270 g/mol. The second-order valence-electron chi connectivity index (χ2n) is 3.08. The summed E-state index contributed by atoms with van der Waals surface area (Å²) in [5, 5.41) is 0. The first-order valence-corrected chi connectivity index (χ1v) is 5.02. The molecule has 4 nitrogen and oxygen atoms in total. The highest BCUT2D eigenvalue weighted by atomic mass is 79.9. The van der Waals surface area contributed by atoms with Crippen molar-refractivity contribution in [3.8, 4) is 5.75 Å². The summed E-state index contributed by atoms with van der Waals surface area (Å²) < 4.78 is 10.2. The first-order chi connectivity index (χ1) is 7.11. The Labute approximate surface area is 94.3 Å². The van der Waals surface area contributed by atoms with Crippen LogP contribution in [-0.4, -0.2) is 19.0 Å². The molecule has 0 radical (unpaired) electrons. The van der Waals surface area contributed by atoms with Gasteiger partial charge in [0, 0.05) is 0 Å². The van der Waals surface area contributed by atoms with E-state index in [1.54, 1.807) is 12.1 Å². The van der Waals surface area contributed by atoms with Crippen molar-refractivity contribution in [3.05, 3.63) is 27.7 Å². The predicted octanol–water partition coefficient (Wildman–Crippen LogP) is 1.70. The van der Waals surface area contributed by atoms with Crippen LogP contribution in [-0.2, 0) is 16.0 Å². The third kappa shape index (κ3) is 1.74. The summed E-state index contributed by atoms with van der Waals surface area (Å²) in [7, 11) is 1.52. The SMILES string of the molecule is COc1cc2c(cc1Br)C(=O)OC(=O)C2. The molecule has 0 aliphatic carbocycles. The van der Waals surface area contributed by atoms with Gasteiger partial charge in [-0.25, -0.2) is 4.79 Å². The zero-order valence-electron chi connectivity index (χ0n) is 7.87. The van der Waals surface area contributed by atoms with Gasteiger partial charge < -0.3 is 9.47 Å². The van der Waals surface area contributed by atoms with Gasteiger partial charge in [0.15, 0.2) is 0 Å². The van der Waals surface area contributed by atoms with E-state index < -0.39 is 11.9 Å². The summed E-state index contributed by atoms with van der Waals surface area (Å²) in [6, 6.07) is 3.26. The molecule has 1 heterocycles. The zero-order chi connectivity index (χ0) is 11.0. The van der Waals surface area contributed by atoms with Crippen LogP contribution in [0.1, 0.15) is 15.9 Å². The molecular weight excluding hydrogens is 264 g/mol. The Morgan fingerprint density at radius 3 is 2.80 bits per heavy atom. The molecule has 0 bridgehead atoms. The number of carbonyl (C=O) groups is 2. The largest absolute Gasteiger partial charge is 0.496 e. The number of hydrogen-bond donors (Lipinski definition) is 0. The lowest BCUT2D eigenvalue weighted by Gasteiger charge is -2.15. The van der Waals surface area contributed by atoms with Crippen molar-refractivity contribution in [3.63, 3.8) is 0 Å². The van der Waals surface area contributed by atoms with Crippen LogP contribution in [0, 0.1) is 0 Å². The van der Waals surface area contributed by atoms with Crippen LogP contribution in [0.3, 0.4) is 0 Å². The van der Waals surface area contributed by atoms with E-state index >= 15 is 0 Å². The molecule has 1 aliphatic heterocycles. The number of esters is 2. The molecule has 15 heavy (non-hydrogen) atoms. The van der Waals surface area contributed by atoms with Gasteiger partial charge in [-0.15, -0.1) is 0 Å². The molecule has 0 spiro atoms. The van der Waals surface area contributed by atoms with E-state index in [0.717, 1.165) is 0 Å². The fraction of sp³-hybridized carbons (Fsp3) is 0.200. The van der Waals surface area contributed by atoms with Crippen molar-refractivity contribution in [2.75, 3.05) is 7.11 Å². The lowest BCUT2D eigenvalue weighted by molar-refractivity contribution is -0.137. The van der Waals surface area contributed by atoms with Crippen molar-refractivity contribution < 1.29 is 19.1 Å². The maximum atomic E-state index is 11.3. The Morgan fingerprint density at radius 2 is 2.13 bits per heavy atom. The van der Waals surface area contributed by atoms with Crippen LogP contribution in [0.25, 0.3) is 0 Å². The Kier molecular flexibility index (Phi) is 2.48. The molecule has 0 N–H and O–H groups in total. The first kappa shape index (κ1) is 10.2. The third-order valence-corrected chi connectivity index (χ3v) is 2.76. The molecule has 0 amide bonds.